The number of aromatic amines is 2. The molecular formula is C15H17N3O3. The molecule has 1 amide bonds. The second-order valence-corrected chi connectivity index (χ2v) is 5.67. The van der Waals surface area contributed by atoms with Crippen LogP contribution in [0.5, 0.6) is 0 Å². The largest absolute Gasteiger partial charge is 0.338 e. The van der Waals surface area contributed by atoms with E-state index in [-0.39, 0.29) is 5.91 Å². The molecule has 1 saturated heterocycles. The minimum Gasteiger partial charge on any atom is -0.338 e. The van der Waals surface area contributed by atoms with E-state index in [1.54, 1.807) is 18.2 Å². The number of aromatic nitrogens is 2. The van der Waals surface area contributed by atoms with Gasteiger partial charge in [0.25, 0.3) is 5.91 Å². The monoisotopic (exact) mass is 287 g/mol. The Hall–Kier alpha value is -2.37. The summed E-state index contributed by atoms with van der Waals surface area (Å²) in [7, 11) is 0. The van der Waals surface area contributed by atoms with Crippen LogP contribution in [0, 0.1) is 5.92 Å². The van der Waals surface area contributed by atoms with E-state index in [9.17, 15) is 14.4 Å². The number of amides is 1. The van der Waals surface area contributed by atoms with Crippen molar-refractivity contribution in [1.82, 2.24) is 14.9 Å². The number of carbonyl (C=O) groups is 1. The second-order valence-electron chi connectivity index (χ2n) is 5.67. The van der Waals surface area contributed by atoms with Crippen LogP contribution in [0.25, 0.3) is 11.0 Å². The standard InChI is InChI=1S/C15H17N3O3/c1-9-3-2-6-18(8-9)15(21)10-4-5-11-12(7-10)17-14(20)13(19)16-11/h4-5,7,9H,2-3,6,8H2,1H3,(H,16,19)(H,17,20)/t9-/m1/s1. The van der Waals surface area contributed by atoms with Gasteiger partial charge in [0.05, 0.1) is 11.0 Å². The summed E-state index contributed by atoms with van der Waals surface area (Å²) in [5.41, 5.74) is 0.114. The SMILES string of the molecule is C[C@@H]1CCCN(C(=O)c2ccc3[nH]c(=O)c(=O)[nH]c3c2)C1. The molecule has 0 spiro atoms. The number of likely N-dealkylation sites (tertiary alicyclic amines) is 1. The fourth-order valence-electron chi connectivity index (χ4n) is 2.80. The number of hydrogen-bond acceptors (Lipinski definition) is 3. The minimum atomic E-state index is -0.710. The molecule has 1 aromatic heterocycles. The van der Waals surface area contributed by atoms with Gasteiger partial charge in [-0.05, 0) is 37.0 Å². The number of benzene rings is 1. The molecule has 0 radical (unpaired) electrons. The zero-order valence-corrected chi connectivity index (χ0v) is 11.8. The van der Waals surface area contributed by atoms with E-state index in [1.165, 1.54) is 0 Å². The molecule has 1 atom stereocenters. The maximum atomic E-state index is 12.5. The fourth-order valence-corrected chi connectivity index (χ4v) is 2.80. The molecule has 21 heavy (non-hydrogen) atoms. The first-order valence-electron chi connectivity index (χ1n) is 7.10. The summed E-state index contributed by atoms with van der Waals surface area (Å²) in [6.45, 7) is 3.67. The van der Waals surface area contributed by atoms with Crippen LogP contribution in [0.2, 0.25) is 0 Å². The summed E-state index contributed by atoms with van der Waals surface area (Å²) < 4.78 is 0. The maximum absolute atomic E-state index is 12.5. The molecule has 6 heteroatoms. The summed E-state index contributed by atoms with van der Waals surface area (Å²) in [5, 5.41) is 0. The molecule has 1 aliphatic heterocycles. The average Bonchev–Trinajstić information content (AvgIpc) is 2.47. The summed E-state index contributed by atoms with van der Waals surface area (Å²) >= 11 is 0. The van der Waals surface area contributed by atoms with E-state index < -0.39 is 11.1 Å². The molecule has 6 nitrogen and oxygen atoms in total. The summed E-state index contributed by atoms with van der Waals surface area (Å²) in [6, 6.07) is 4.94. The molecule has 0 saturated carbocycles. The lowest BCUT2D eigenvalue weighted by Crippen LogP contribution is -2.39. The van der Waals surface area contributed by atoms with E-state index in [0.29, 0.717) is 22.5 Å². The predicted molar refractivity (Wildman–Crippen MR) is 79.5 cm³/mol. The molecule has 2 N–H and O–H groups in total. The number of nitrogens with zero attached hydrogens (tertiary/aromatic N) is 1. The topological polar surface area (TPSA) is 86.0 Å². The van der Waals surface area contributed by atoms with Crippen molar-refractivity contribution >= 4 is 16.9 Å². The van der Waals surface area contributed by atoms with Crippen molar-refractivity contribution in [3.63, 3.8) is 0 Å². The van der Waals surface area contributed by atoms with Crippen LogP contribution < -0.4 is 11.1 Å². The molecule has 1 aliphatic rings. The predicted octanol–water partition coefficient (Wildman–Crippen LogP) is 1.09. The molecule has 110 valence electrons. The van der Waals surface area contributed by atoms with Crippen molar-refractivity contribution in [1.29, 1.82) is 0 Å². The Balaban J connectivity index is 1.97. The van der Waals surface area contributed by atoms with Gasteiger partial charge in [-0.15, -0.1) is 0 Å². The van der Waals surface area contributed by atoms with Crippen molar-refractivity contribution in [2.75, 3.05) is 13.1 Å². The van der Waals surface area contributed by atoms with Crippen LogP contribution in [0.1, 0.15) is 30.1 Å². The lowest BCUT2D eigenvalue weighted by atomic mass is 9.99. The normalized spacial score (nSPS) is 18.9. The van der Waals surface area contributed by atoms with E-state index in [4.69, 9.17) is 0 Å². The van der Waals surface area contributed by atoms with Gasteiger partial charge in [-0.25, -0.2) is 0 Å². The van der Waals surface area contributed by atoms with Gasteiger partial charge in [0.15, 0.2) is 0 Å². The first kappa shape index (κ1) is 13.6. The summed E-state index contributed by atoms with van der Waals surface area (Å²) in [4.78, 5) is 42.0. The van der Waals surface area contributed by atoms with Gasteiger partial charge in [-0.1, -0.05) is 6.92 Å². The van der Waals surface area contributed by atoms with Crippen LogP contribution in [0.15, 0.2) is 27.8 Å². The molecular weight excluding hydrogens is 270 g/mol. The van der Waals surface area contributed by atoms with Gasteiger partial charge in [-0.2, -0.15) is 0 Å². The molecule has 0 unspecified atom stereocenters. The van der Waals surface area contributed by atoms with E-state index >= 15 is 0 Å². The highest BCUT2D eigenvalue weighted by Gasteiger charge is 2.22. The average molecular weight is 287 g/mol. The smallest absolute Gasteiger partial charge is 0.314 e. The van der Waals surface area contributed by atoms with Crippen LogP contribution in [-0.4, -0.2) is 33.9 Å². The lowest BCUT2D eigenvalue weighted by Gasteiger charge is -2.31. The quantitative estimate of drug-likeness (QED) is 0.770. The Morgan fingerprint density at radius 1 is 1.19 bits per heavy atom. The Labute approximate surface area is 120 Å². The van der Waals surface area contributed by atoms with E-state index in [1.807, 2.05) is 4.90 Å². The van der Waals surface area contributed by atoms with Gasteiger partial charge < -0.3 is 14.9 Å². The van der Waals surface area contributed by atoms with Crippen molar-refractivity contribution in [2.24, 2.45) is 5.92 Å². The summed E-state index contributed by atoms with van der Waals surface area (Å²) in [5.74, 6) is 0.481. The molecule has 1 aromatic carbocycles. The number of fused-ring (bicyclic) bond motifs is 1. The molecule has 0 aliphatic carbocycles. The number of nitrogens with one attached hydrogen (secondary N) is 2. The van der Waals surface area contributed by atoms with Crippen molar-refractivity contribution in [2.45, 2.75) is 19.8 Å². The Morgan fingerprint density at radius 3 is 2.62 bits per heavy atom. The van der Waals surface area contributed by atoms with Gasteiger partial charge in [-0.3, -0.25) is 14.4 Å². The van der Waals surface area contributed by atoms with Gasteiger partial charge in [0, 0.05) is 18.7 Å². The second kappa shape index (κ2) is 5.20. The highest BCUT2D eigenvalue weighted by Crippen LogP contribution is 2.19. The Morgan fingerprint density at radius 2 is 1.90 bits per heavy atom. The maximum Gasteiger partial charge on any atom is 0.314 e. The Kier molecular flexibility index (Phi) is 3.37. The molecule has 1 fully saturated rings. The highest BCUT2D eigenvalue weighted by atomic mass is 16.2. The third-order valence-corrected chi connectivity index (χ3v) is 3.91. The van der Waals surface area contributed by atoms with E-state index in [0.717, 1.165) is 25.9 Å². The summed E-state index contributed by atoms with van der Waals surface area (Å²) in [6.07, 6.45) is 2.17. The highest BCUT2D eigenvalue weighted by molar-refractivity contribution is 5.97. The molecule has 0 bridgehead atoms. The van der Waals surface area contributed by atoms with Crippen LogP contribution >= 0.6 is 0 Å². The first-order valence-corrected chi connectivity index (χ1v) is 7.10. The third kappa shape index (κ3) is 2.61. The van der Waals surface area contributed by atoms with Gasteiger partial charge in [0.2, 0.25) is 0 Å². The Bertz CT molecular complexity index is 806. The zero-order valence-electron chi connectivity index (χ0n) is 11.8. The molecule has 2 heterocycles. The number of piperidine rings is 1. The van der Waals surface area contributed by atoms with Crippen molar-refractivity contribution < 1.29 is 4.79 Å². The number of H-pyrrole nitrogens is 2. The molecule has 3 rings (SSSR count). The zero-order chi connectivity index (χ0) is 15.0. The number of hydrogen-bond donors (Lipinski definition) is 2. The fraction of sp³-hybridized carbons (Fsp3) is 0.400. The van der Waals surface area contributed by atoms with Gasteiger partial charge >= 0.3 is 11.1 Å². The molecule has 2 aromatic rings. The lowest BCUT2D eigenvalue weighted by molar-refractivity contribution is 0.0683. The van der Waals surface area contributed by atoms with Gasteiger partial charge in [0.1, 0.15) is 0 Å². The number of carbonyl (C=O) groups excluding carboxylic acids is 1. The first-order chi connectivity index (χ1) is 10.0. The third-order valence-electron chi connectivity index (χ3n) is 3.91. The number of rotatable bonds is 1. The van der Waals surface area contributed by atoms with Crippen molar-refractivity contribution in [3.05, 3.63) is 44.5 Å². The minimum absolute atomic E-state index is 0.0319. The van der Waals surface area contributed by atoms with E-state index in [2.05, 4.69) is 16.9 Å². The van der Waals surface area contributed by atoms with Crippen molar-refractivity contribution in [3.8, 4) is 0 Å². The van der Waals surface area contributed by atoms with Crippen LogP contribution in [0.3, 0.4) is 0 Å². The van der Waals surface area contributed by atoms with Crippen LogP contribution in [0.4, 0.5) is 0 Å². The van der Waals surface area contributed by atoms with Crippen LogP contribution in [-0.2, 0) is 0 Å².